The van der Waals surface area contributed by atoms with Crippen LogP contribution in [0.2, 0.25) is 0 Å². The Balaban J connectivity index is 1.52. The molecule has 0 bridgehead atoms. The van der Waals surface area contributed by atoms with Crippen molar-refractivity contribution in [2.45, 2.75) is 24.3 Å². The Morgan fingerprint density at radius 3 is 2.76 bits per heavy atom. The first-order valence-corrected chi connectivity index (χ1v) is 11.6. The zero-order chi connectivity index (χ0) is 20.4. The monoisotopic (exact) mass is 430 g/mol. The van der Waals surface area contributed by atoms with Crippen LogP contribution >= 0.6 is 11.7 Å². The van der Waals surface area contributed by atoms with E-state index in [1.165, 1.54) is 4.31 Å². The molecule has 0 spiro atoms. The number of amides is 1. The second-order valence-corrected chi connectivity index (χ2v) is 9.71. The van der Waals surface area contributed by atoms with Gasteiger partial charge in [0.15, 0.2) is 0 Å². The lowest BCUT2D eigenvalue weighted by Gasteiger charge is -2.33. The van der Waals surface area contributed by atoms with Crippen molar-refractivity contribution >= 4 is 38.7 Å². The van der Waals surface area contributed by atoms with E-state index < -0.39 is 10.0 Å². The predicted molar refractivity (Wildman–Crippen MR) is 112 cm³/mol. The molecule has 0 saturated carbocycles. The molecule has 3 aromatic rings. The molecule has 2 aromatic carbocycles. The zero-order valence-electron chi connectivity index (χ0n) is 16.1. The highest BCUT2D eigenvalue weighted by Gasteiger charge is 2.35. The van der Waals surface area contributed by atoms with Crippen LogP contribution in [0.25, 0.3) is 11.0 Å². The summed E-state index contributed by atoms with van der Waals surface area (Å²) < 4.78 is 36.2. The summed E-state index contributed by atoms with van der Waals surface area (Å²) in [4.78, 5) is 14.8. The summed E-state index contributed by atoms with van der Waals surface area (Å²) in [6.45, 7) is 1.10. The van der Waals surface area contributed by atoms with E-state index in [0.717, 1.165) is 17.3 Å². The van der Waals surface area contributed by atoms with E-state index in [4.69, 9.17) is 0 Å². The molecule has 1 aliphatic rings. The van der Waals surface area contributed by atoms with Crippen molar-refractivity contribution in [3.63, 3.8) is 0 Å². The van der Waals surface area contributed by atoms with E-state index in [9.17, 15) is 13.2 Å². The van der Waals surface area contributed by atoms with Crippen molar-refractivity contribution in [1.82, 2.24) is 18.0 Å². The summed E-state index contributed by atoms with van der Waals surface area (Å²) in [5.41, 5.74) is 2.02. The minimum Gasteiger partial charge on any atom is -0.341 e. The minimum absolute atomic E-state index is 0.0257. The molecule has 2 heterocycles. The van der Waals surface area contributed by atoms with Crippen LogP contribution in [-0.2, 0) is 21.4 Å². The molecule has 0 unspecified atom stereocenters. The van der Waals surface area contributed by atoms with Crippen molar-refractivity contribution in [3.05, 3.63) is 54.1 Å². The Morgan fingerprint density at radius 1 is 1.17 bits per heavy atom. The Labute approximate surface area is 174 Å². The van der Waals surface area contributed by atoms with E-state index in [2.05, 4.69) is 8.75 Å². The minimum atomic E-state index is -3.74. The van der Waals surface area contributed by atoms with Gasteiger partial charge in [0.1, 0.15) is 15.9 Å². The number of rotatable bonds is 5. The van der Waals surface area contributed by atoms with E-state index in [1.807, 2.05) is 30.3 Å². The van der Waals surface area contributed by atoms with E-state index in [-0.39, 0.29) is 23.3 Å². The van der Waals surface area contributed by atoms with Gasteiger partial charge in [0.25, 0.3) is 0 Å². The van der Waals surface area contributed by atoms with E-state index in [0.29, 0.717) is 37.0 Å². The second-order valence-electron chi connectivity index (χ2n) is 7.27. The molecule has 0 radical (unpaired) electrons. The van der Waals surface area contributed by atoms with Gasteiger partial charge in [0.2, 0.25) is 15.9 Å². The average Bonchev–Trinajstić information content (AvgIpc) is 3.23. The lowest BCUT2D eigenvalue weighted by atomic mass is 9.98. The summed E-state index contributed by atoms with van der Waals surface area (Å²) >= 11 is 0.996. The molecule has 152 valence electrons. The summed E-state index contributed by atoms with van der Waals surface area (Å²) in [5, 5.41) is 0. The number of aromatic nitrogens is 2. The van der Waals surface area contributed by atoms with Gasteiger partial charge in [0, 0.05) is 26.7 Å². The van der Waals surface area contributed by atoms with Crippen LogP contribution < -0.4 is 0 Å². The van der Waals surface area contributed by atoms with Gasteiger partial charge in [-0.2, -0.15) is 13.1 Å². The molecule has 0 N–H and O–H groups in total. The molecule has 4 rings (SSSR count). The summed E-state index contributed by atoms with van der Waals surface area (Å²) in [6.07, 6.45) is 1.34. The first kappa shape index (κ1) is 19.9. The highest BCUT2D eigenvalue weighted by molar-refractivity contribution is 7.89. The smallest absolute Gasteiger partial charge is 0.245 e. The van der Waals surface area contributed by atoms with Gasteiger partial charge in [-0.25, -0.2) is 8.42 Å². The fourth-order valence-electron chi connectivity index (χ4n) is 3.74. The quantitative estimate of drug-likeness (QED) is 0.622. The molecule has 1 amide bonds. The van der Waals surface area contributed by atoms with Crippen LogP contribution in [0.4, 0.5) is 0 Å². The van der Waals surface area contributed by atoms with Crippen LogP contribution in [0.5, 0.6) is 0 Å². The zero-order valence-corrected chi connectivity index (χ0v) is 17.7. The van der Waals surface area contributed by atoms with Crippen molar-refractivity contribution < 1.29 is 13.2 Å². The molecule has 7 nitrogen and oxygen atoms in total. The molecular formula is C20H22N4O3S2. The van der Waals surface area contributed by atoms with Gasteiger partial charge in [-0.05, 0) is 30.5 Å². The fraction of sp³-hybridized carbons (Fsp3) is 0.350. The molecule has 1 fully saturated rings. The van der Waals surface area contributed by atoms with Crippen molar-refractivity contribution in [1.29, 1.82) is 0 Å². The molecule has 29 heavy (non-hydrogen) atoms. The number of carbonyl (C=O) groups is 1. The lowest BCUT2D eigenvalue weighted by molar-refractivity contribution is -0.135. The SMILES string of the molecule is CN(Cc1ccccc1)C(=O)[C@@H]1CCCN(S(=O)(=O)c2cccc3nsnc23)C1. The number of hydrogen-bond donors (Lipinski definition) is 0. The van der Waals surface area contributed by atoms with E-state index in [1.54, 1.807) is 30.1 Å². The number of nitrogens with zero attached hydrogens (tertiary/aromatic N) is 4. The van der Waals surface area contributed by atoms with Crippen molar-refractivity contribution in [2.24, 2.45) is 5.92 Å². The third-order valence-corrected chi connectivity index (χ3v) is 7.68. The van der Waals surface area contributed by atoms with Gasteiger partial charge in [-0.1, -0.05) is 36.4 Å². The van der Waals surface area contributed by atoms with Crippen molar-refractivity contribution in [3.8, 4) is 0 Å². The first-order valence-electron chi connectivity index (χ1n) is 9.47. The Morgan fingerprint density at radius 2 is 1.97 bits per heavy atom. The standard InChI is InChI=1S/C20H22N4O3S2/c1-23(13-15-7-3-2-4-8-15)20(25)16-9-6-12-24(14-16)29(26,27)18-11-5-10-17-19(18)22-28-21-17/h2-5,7-8,10-11,16H,6,9,12-14H2,1H3/t16-/m1/s1. The van der Waals surface area contributed by atoms with Crippen molar-refractivity contribution in [2.75, 3.05) is 20.1 Å². The van der Waals surface area contributed by atoms with E-state index >= 15 is 0 Å². The highest BCUT2D eigenvalue weighted by atomic mass is 32.2. The maximum atomic E-state index is 13.3. The van der Waals surface area contributed by atoms with Gasteiger partial charge in [-0.15, -0.1) is 0 Å². The second kappa shape index (κ2) is 8.17. The molecule has 9 heteroatoms. The fourth-order valence-corrected chi connectivity index (χ4v) is 6.01. The average molecular weight is 431 g/mol. The summed E-state index contributed by atoms with van der Waals surface area (Å²) in [7, 11) is -1.97. The number of fused-ring (bicyclic) bond motifs is 1. The van der Waals surface area contributed by atoms with Gasteiger partial charge >= 0.3 is 0 Å². The topological polar surface area (TPSA) is 83.5 Å². The summed E-state index contributed by atoms with van der Waals surface area (Å²) in [6, 6.07) is 14.8. The maximum absolute atomic E-state index is 13.3. The Kier molecular flexibility index (Phi) is 5.62. The van der Waals surface area contributed by atoms with Crippen LogP contribution in [0.3, 0.4) is 0 Å². The Hall–Kier alpha value is -2.36. The lowest BCUT2D eigenvalue weighted by Crippen LogP contribution is -2.45. The third kappa shape index (κ3) is 4.03. The van der Waals surface area contributed by atoms with Gasteiger partial charge < -0.3 is 4.90 Å². The highest BCUT2D eigenvalue weighted by Crippen LogP contribution is 2.28. The molecule has 1 aliphatic heterocycles. The largest absolute Gasteiger partial charge is 0.341 e. The van der Waals surface area contributed by atoms with Gasteiger partial charge in [-0.3, -0.25) is 4.79 Å². The normalized spacial score (nSPS) is 18.0. The maximum Gasteiger partial charge on any atom is 0.245 e. The number of carbonyl (C=O) groups excluding carboxylic acids is 1. The third-order valence-electron chi connectivity index (χ3n) is 5.24. The molecule has 1 saturated heterocycles. The van der Waals surface area contributed by atoms with Crippen LogP contribution in [0.1, 0.15) is 18.4 Å². The van der Waals surface area contributed by atoms with Crippen LogP contribution in [-0.4, -0.2) is 52.4 Å². The predicted octanol–water partition coefficient (Wildman–Crippen LogP) is 2.75. The number of sulfonamides is 1. The van der Waals surface area contributed by atoms with Crippen LogP contribution in [0.15, 0.2) is 53.4 Å². The van der Waals surface area contributed by atoms with Gasteiger partial charge in [0.05, 0.1) is 17.6 Å². The first-order chi connectivity index (χ1) is 14.0. The number of piperidine rings is 1. The molecule has 0 aliphatic carbocycles. The summed E-state index contributed by atoms with van der Waals surface area (Å²) in [5.74, 6) is -0.373. The number of benzene rings is 2. The number of hydrogen-bond acceptors (Lipinski definition) is 6. The molecule has 1 atom stereocenters. The Bertz CT molecular complexity index is 1110. The van der Waals surface area contributed by atoms with Crippen LogP contribution in [0, 0.1) is 5.92 Å². The molecular weight excluding hydrogens is 408 g/mol. The molecule has 1 aromatic heterocycles.